The van der Waals surface area contributed by atoms with Crippen molar-refractivity contribution in [2.75, 3.05) is 11.2 Å². The van der Waals surface area contributed by atoms with Gasteiger partial charge in [0.25, 0.3) is 5.91 Å². The molecule has 1 aromatic carbocycles. The SMILES string of the molecule is Cc1csc(N(C(=O)c2cc(S(C)(=O)=O)cc(C)c2C)C2CC2)n1. The van der Waals surface area contributed by atoms with Gasteiger partial charge in [0.05, 0.1) is 10.6 Å². The Bertz CT molecular complexity index is 912. The molecule has 128 valence electrons. The molecule has 2 aromatic rings. The minimum atomic E-state index is -3.37. The zero-order valence-corrected chi connectivity index (χ0v) is 15.8. The van der Waals surface area contributed by atoms with E-state index in [4.69, 9.17) is 0 Å². The number of amides is 1. The van der Waals surface area contributed by atoms with Crippen LogP contribution in [-0.4, -0.2) is 31.6 Å². The zero-order valence-electron chi connectivity index (χ0n) is 14.2. The number of nitrogens with zero attached hydrogens (tertiary/aromatic N) is 2. The first-order chi connectivity index (χ1) is 11.2. The molecule has 0 aliphatic heterocycles. The summed E-state index contributed by atoms with van der Waals surface area (Å²) in [4.78, 5) is 19.5. The molecular formula is C17H20N2O3S2. The van der Waals surface area contributed by atoms with E-state index in [2.05, 4.69) is 4.98 Å². The summed E-state index contributed by atoms with van der Waals surface area (Å²) in [7, 11) is -3.37. The predicted molar refractivity (Wildman–Crippen MR) is 95.7 cm³/mol. The fourth-order valence-electron chi connectivity index (χ4n) is 2.59. The molecule has 5 nitrogen and oxygen atoms in total. The molecule has 1 heterocycles. The van der Waals surface area contributed by atoms with Crippen molar-refractivity contribution < 1.29 is 13.2 Å². The number of carbonyl (C=O) groups excluding carboxylic acids is 1. The second-order valence-electron chi connectivity index (χ2n) is 6.36. The number of aromatic nitrogens is 1. The van der Waals surface area contributed by atoms with Gasteiger partial charge < -0.3 is 0 Å². The smallest absolute Gasteiger partial charge is 0.260 e. The fraction of sp³-hybridized carbons (Fsp3) is 0.412. The molecule has 0 saturated heterocycles. The second-order valence-corrected chi connectivity index (χ2v) is 9.21. The van der Waals surface area contributed by atoms with Crippen molar-refractivity contribution in [3.05, 3.63) is 39.9 Å². The van der Waals surface area contributed by atoms with E-state index in [1.54, 1.807) is 11.0 Å². The normalized spacial score (nSPS) is 14.7. The summed E-state index contributed by atoms with van der Waals surface area (Å²) in [6.45, 7) is 5.58. The Hall–Kier alpha value is -1.73. The van der Waals surface area contributed by atoms with Gasteiger partial charge in [0.2, 0.25) is 0 Å². The Morgan fingerprint density at radius 3 is 2.42 bits per heavy atom. The number of hydrogen-bond acceptors (Lipinski definition) is 5. The number of rotatable bonds is 4. The summed E-state index contributed by atoms with van der Waals surface area (Å²) in [5, 5.41) is 2.60. The predicted octanol–water partition coefficient (Wildman–Crippen LogP) is 3.28. The van der Waals surface area contributed by atoms with Gasteiger partial charge in [-0.05, 0) is 56.9 Å². The van der Waals surface area contributed by atoms with E-state index in [9.17, 15) is 13.2 Å². The van der Waals surface area contributed by atoms with Gasteiger partial charge in [-0.2, -0.15) is 0 Å². The Kier molecular flexibility index (Phi) is 4.25. The van der Waals surface area contributed by atoms with E-state index in [1.165, 1.54) is 17.4 Å². The Balaban J connectivity index is 2.09. The first-order valence-electron chi connectivity index (χ1n) is 7.75. The fourth-order valence-corrected chi connectivity index (χ4v) is 4.18. The van der Waals surface area contributed by atoms with Crippen molar-refractivity contribution in [3.63, 3.8) is 0 Å². The topological polar surface area (TPSA) is 67.3 Å². The molecule has 0 N–H and O–H groups in total. The van der Waals surface area contributed by atoms with E-state index in [0.29, 0.717) is 10.7 Å². The third-order valence-electron chi connectivity index (χ3n) is 4.24. The lowest BCUT2D eigenvalue weighted by molar-refractivity contribution is 0.0984. The van der Waals surface area contributed by atoms with Crippen LogP contribution in [0.2, 0.25) is 0 Å². The van der Waals surface area contributed by atoms with E-state index in [1.807, 2.05) is 26.2 Å². The molecule has 7 heteroatoms. The van der Waals surface area contributed by atoms with Crippen LogP contribution in [0.15, 0.2) is 22.4 Å². The summed E-state index contributed by atoms with van der Waals surface area (Å²) in [6.07, 6.45) is 3.07. The van der Waals surface area contributed by atoms with Gasteiger partial charge in [0, 0.05) is 23.2 Å². The highest BCUT2D eigenvalue weighted by Crippen LogP contribution is 2.35. The second kappa shape index (κ2) is 5.97. The Morgan fingerprint density at radius 2 is 1.92 bits per heavy atom. The van der Waals surface area contributed by atoms with E-state index in [0.717, 1.165) is 35.9 Å². The molecule has 1 aliphatic rings. The van der Waals surface area contributed by atoms with Crippen molar-refractivity contribution in [3.8, 4) is 0 Å². The third kappa shape index (κ3) is 3.23. The maximum absolute atomic E-state index is 13.2. The maximum Gasteiger partial charge on any atom is 0.260 e. The van der Waals surface area contributed by atoms with Gasteiger partial charge in [-0.15, -0.1) is 11.3 Å². The molecule has 0 radical (unpaired) electrons. The molecule has 1 aliphatic carbocycles. The summed E-state index contributed by atoms with van der Waals surface area (Å²) in [6, 6.07) is 3.27. The zero-order chi connectivity index (χ0) is 17.6. The number of aryl methyl sites for hydroxylation is 2. The maximum atomic E-state index is 13.2. The van der Waals surface area contributed by atoms with Crippen LogP contribution in [0, 0.1) is 20.8 Å². The van der Waals surface area contributed by atoms with Crippen molar-refractivity contribution in [2.24, 2.45) is 0 Å². The number of carbonyl (C=O) groups is 1. The summed E-state index contributed by atoms with van der Waals surface area (Å²) >= 11 is 1.44. The minimum absolute atomic E-state index is 0.157. The van der Waals surface area contributed by atoms with Gasteiger partial charge in [-0.3, -0.25) is 9.69 Å². The molecule has 0 spiro atoms. The highest BCUT2D eigenvalue weighted by atomic mass is 32.2. The molecule has 1 saturated carbocycles. The van der Waals surface area contributed by atoms with Gasteiger partial charge in [0.15, 0.2) is 15.0 Å². The first-order valence-corrected chi connectivity index (χ1v) is 10.5. The molecule has 1 aromatic heterocycles. The lowest BCUT2D eigenvalue weighted by atomic mass is 10.0. The number of hydrogen-bond donors (Lipinski definition) is 0. The highest BCUT2D eigenvalue weighted by Gasteiger charge is 2.36. The number of anilines is 1. The van der Waals surface area contributed by atoms with Crippen molar-refractivity contribution in [2.45, 2.75) is 44.6 Å². The van der Waals surface area contributed by atoms with E-state index < -0.39 is 9.84 Å². The van der Waals surface area contributed by atoms with Crippen LogP contribution in [0.4, 0.5) is 5.13 Å². The third-order valence-corrected chi connectivity index (χ3v) is 6.29. The average molecular weight is 364 g/mol. The molecule has 0 unspecified atom stereocenters. The lowest BCUT2D eigenvalue weighted by Gasteiger charge is -2.21. The molecule has 3 rings (SSSR count). The van der Waals surface area contributed by atoms with Crippen molar-refractivity contribution in [1.29, 1.82) is 0 Å². The van der Waals surface area contributed by atoms with Crippen LogP contribution in [0.5, 0.6) is 0 Å². The lowest BCUT2D eigenvalue weighted by Crippen LogP contribution is -2.33. The van der Waals surface area contributed by atoms with Crippen molar-refractivity contribution >= 4 is 32.2 Å². The minimum Gasteiger partial charge on any atom is -0.281 e. The first kappa shape index (κ1) is 17.1. The average Bonchev–Trinajstić information content (AvgIpc) is 3.22. The van der Waals surface area contributed by atoms with Gasteiger partial charge >= 0.3 is 0 Å². The summed E-state index contributed by atoms with van der Waals surface area (Å²) in [5.41, 5.74) is 2.93. The standard InChI is InChI=1S/C17H20N2O3S2/c1-10-7-14(24(4,21)22)8-15(12(10)3)16(20)19(13-5-6-13)17-18-11(2)9-23-17/h7-9,13H,5-6H2,1-4H3. The van der Waals surface area contributed by atoms with Crippen LogP contribution in [0.1, 0.15) is 40.0 Å². The van der Waals surface area contributed by atoms with Crippen LogP contribution >= 0.6 is 11.3 Å². The van der Waals surface area contributed by atoms with Gasteiger partial charge in [-0.1, -0.05) is 0 Å². The Morgan fingerprint density at radius 1 is 1.25 bits per heavy atom. The summed E-state index contributed by atoms with van der Waals surface area (Å²) in [5.74, 6) is -0.169. The quantitative estimate of drug-likeness (QED) is 0.835. The van der Waals surface area contributed by atoms with E-state index in [-0.39, 0.29) is 16.8 Å². The van der Waals surface area contributed by atoms with Gasteiger partial charge in [0.1, 0.15) is 0 Å². The monoisotopic (exact) mass is 364 g/mol. The largest absolute Gasteiger partial charge is 0.281 e. The molecule has 1 fully saturated rings. The molecule has 24 heavy (non-hydrogen) atoms. The van der Waals surface area contributed by atoms with Gasteiger partial charge in [-0.25, -0.2) is 13.4 Å². The van der Waals surface area contributed by atoms with Crippen LogP contribution in [-0.2, 0) is 9.84 Å². The van der Waals surface area contributed by atoms with Crippen LogP contribution in [0.3, 0.4) is 0 Å². The summed E-state index contributed by atoms with van der Waals surface area (Å²) < 4.78 is 23.9. The number of sulfone groups is 1. The van der Waals surface area contributed by atoms with Crippen LogP contribution < -0.4 is 4.90 Å². The number of benzene rings is 1. The Labute approximate surface area is 146 Å². The van der Waals surface area contributed by atoms with E-state index >= 15 is 0 Å². The molecule has 1 amide bonds. The van der Waals surface area contributed by atoms with Crippen LogP contribution in [0.25, 0.3) is 0 Å². The molecular weight excluding hydrogens is 344 g/mol. The molecule has 0 bridgehead atoms. The highest BCUT2D eigenvalue weighted by molar-refractivity contribution is 7.90. The van der Waals surface area contributed by atoms with Crippen molar-refractivity contribution in [1.82, 2.24) is 4.98 Å². The number of thiazole rings is 1. The molecule has 0 atom stereocenters.